The van der Waals surface area contributed by atoms with Gasteiger partial charge in [0.15, 0.2) is 0 Å². The van der Waals surface area contributed by atoms with Crippen LogP contribution in [0.15, 0.2) is 12.1 Å². The molecule has 0 saturated carbocycles. The molecular weight excluding hydrogens is 190 g/mol. The highest BCUT2D eigenvalue weighted by Crippen LogP contribution is 2.33. The Hall–Kier alpha value is -0.930. The van der Waals surface area contributed by atoms with Gasteiger partial charge in [-0.05, 0) is 17.7 Å². The van der Waals surface area contributed by atoms with Crippen LogP contribution >= 0.6 is 11.6 Å². The Labute approximate surface area is 82.3 Å². The summed E-state index contributed by atoms with van der Waals surface area (Å²) in [6, 6.07) is 3.49. The molecule has 4 heteroatoms. The Morgan fingerprint density at radius 2 is 2.23 bits per heavy atom. The highest BCUT2D eigenvalue weighted by Gasteiger charge is 2.07. The topological polar surface area (TPSA) is 41.5 Å². The van der Waals surface area contributed by atoms with Crippen LogP contribution in [-0.4, -0.2) is 19.3 Å². The molecule has 0 amide bonds. The molecule has 2 N–H and O–H groups in total. The molecule has 72 valence electrons. The third-order valence-corrected chi connectivity index (χ3v) is 2.16. The number of benzene rings is 1. The number of hydrogen-bond acceptors (Lipinski definition) is 3. The maximum atomic E-state index is 8.94. The first-order valence-corrected chi connectivity index (χ1v) is 4.25. The van der Waals surface area contributed by atoms with Crippen molar-refractivity contribution in [1.29, 1.82) is 0 Å². The van der Waals surface area contributed by atoms with Gasteiger partial charge in [0, 0.05) is 7.05 Å². The number of aliphatic hydroxyl groups excluding tert-OH is 1. The SMILES string of the molecule is CNc1cc(CO)cc(OC)c1Cl. The molecule has 0 heterocycles. The van der Waals surface area contributed by atoms with Gasteiger partial charge in [0.25, 0.3) is 0 Å². The molecule has 0 spiro atoms. The van der Waals surface area contributed by atoms with Crippen molar-refractivity contribution >= 4 is 17.3 Å². The fourth-order valence-corrected chi connectivity index (χ4v) is 1.36. The second-order valence-corrected chi connectivity index (χ2v) is 2.95. The molecule has 0 radical (unpaired) electrons. The number of anilines is 1. The summed E-state index contributed by atoms with van der Waals surface area (Å²) in [6.07, 6.45) is 0. The van der Waals surface area contributed by atoms with E-state index in [1.165, 1.54) is 0 Å². The van der Waals surface area contributed by atoms with E-state index < -0.39 is 0 Å². The van der Waals surface area contributed by atoms with Gasteiger partial charge in [0.2, 0.25) is 0 Å². The number of hydrogen-bond donors (Lipinski definition) is 2. The van der Waals surface area contributed by atoms with Crippen molar-refractivity contribution in [3.8, 4) is 5.75 Å². The van der Waals surface area contributed by atoms with Gasteiger partial charge in [0.1, 0.15) is 10.8 Å². The normalized spacial score (nSPS) is 9.85. The molecule has 0 aliphatic rings. The Bertz CT molecular complexity index is 277. The van der Waals surface area contributed by atoms with Gasteiger partial charge >= 0.3 is 0 Å². The van der Waals surface area contributed by atoms with Crippen LogP contribution in [0, 0.1) is 0 Å². The van der Waals surface area contributed by atoms with Crippen molar-refractivity contribution in [1.82, 2.24) is 0 Å². The molecule has 1 rings (SSSR count). The summed E-state index contributed by atoms with van der Waals surface area (Å²) in [5, 5.41) is 12.4. The fourth-order valence-electron chi connectivity index (χ4n) is 1.08. The van der Waals surface area contributed by atoms with E-state index in [0.29, 0.717) is 10.8 Å². The van der Waals surface area contributed by atoms with Gasteiger partial charge < -0.3 is 15.2 Å². The predicted molar refractivity (Wildman–Crippen MR) is 53.5 cm³/mol. The summed E-state index contributed by atoms with van der Waals surface area (Å²) >= 11 is 5.97. The maximum Gasteiger partial charge on any atom is 0.139 e. The number of rotatable bonds is 3. The number of ether oxygens (including phenoxy) is 1. The van der Waals surface area contributed by atoms with Crippen LogP contribution in [0.2, 0.25) is 5.02 Å². The van der Waals surface area contributed by atoms with E-state index >= 15 is 0 Å². The molecule has 0 aliphatic heterocycles. The second kappa shape index (κ2) is 4.35. The average molecular weight is 202 g/mol. The van der Waals surface area contributed by atoms with Crippen molar-refractivity contribution in [2.24, 2.45) is 0 Å². The first-order valence-electron chi connectivity index (χ1n) is 3.88. The minimum absolute atomic E-state index is 0.0256. The van der Waals surface area contributed by atoms with Crippen LogP contribution in [0.3, 0.4) is 0 Å². The Morgan fingerprint density at radius 1 is 1.54 bits per heavy atom. The Kier molecular flexibility index (Phi) is 3.39. The molecule has 0 atom stereocenters. The van der Waals surface area contributed by atoms with Gasteiger partial charge in [-0.25, -0.2) is 0 Å². The molecular formula is C9H12ClNO2. The number of methoxy groups -OCH3 is 1. The molecule has 3 nitrogen and oxygen atoms in total. The van der Waals surface area contributed by atoms with E-state index in [0.717, 1.165) is 11.3 Å². The molecule has 0 saturated heterocycles. The lowest BCUT2D eigenvalue weighted by Crippen LogP contribution is -1.95. The van der Waals surface area contributed by atoms with Crippen LogP contribution in [0.1, 0.15) is 5.56 Å². The second-order valence-electron chi connectivity index (χ2n) is 2.57. The summed E-state index contributed by atoms with van der Waals surface area (Å²) in [5.41, 5.74) is 1.52. The summed E-state index contributed by atoms with van der Waals surface area (Å²) in [4.78, 5) is 0. The fraction of sp³-hybridized carbons (Fsp3) is 0.333. The Morgan fingerprint density at radius 3 is 2.69 bits per heavy atom. The Balaban J connectivity index is 3.20. The third kappa shape index (κ3) is 2.05. The molecule has 0 aromatic heterocycles. The highest BCUT2D eigenvalue weighted by atomic mass is 35.5. The molecule has 0 fully saturated rings. The lowest BCUT2D eigenvalue weighted by Gasteiger charge is -2.10. The van der Waals surface area contributed by atoms with E-state index in [1.54, 1.807) is 26.3 Å². The van der Waals surface area contributed by atoms with Gasteiger partial charge in [-0.15, -0.1) is 0 Å². The highest BCUT2D eigenvalue weighted by molar-refractivity contribution is 6.34. The molecule has 0 unspecified atom stereocenters. The maximum absolute atomic E-state index is 8.94. The van der Waals surface area contributed by atoms with E-state index in [-0.39, 0.29) is 6.61 Å². The van der Waals surface area contributed by atoms with E-state index in [2.05, 4.69) is 5.32 Å². The average Bonchev–Trinajstić information content (AvgIpc) is 2.18. The zero-order valence-electron chi connectivity index (χ0n) is 7.60. The lowest BCUT2D eigenvalue weighted by atomic mass is 10.2. The minimum Gasteiger partial charge on any atom is -0.495 e. The molecule has 1 aromatic rings. The van der Waals surface area contributed by atoms with Gasteiger partial charge in [-0.1, -0.05) is 11.6 Å². The van der Waals surface area contributed by atoms with Gasteiger partial charge in [-0.2, -0.15) is 0 Å². The largest absolute Gasteiger partial charge is 0.495 e. The molecule has 0 bridgehead atoms. The van der Waals surface area contributed by atoms with Crippen LogP contribution in [-0.2, 0) is 6.61 Å². The number of nitrogens with one attached hydrogen (secondary N) is 1. The van der Waals surface area contributed by atoms with Crippen LogP contribution in [0.25, 0.3) is 0 Å². The first kappa shape index (κ1) is 10.2. The summed E-state index contributed by atoms with van der Waals surface area (Å²) in [5.74, 6) is 0.567. The van der Waals surface area contributed by atoms with Crippen LogP contribution in [0.5, 0.6) is 5.75 Å². The van der Waals surface area contributed by atoms with E-state index in [9.17, 15) is 0 Å². The van der Waals surface area contributed by atoms with Crippen molar-refractivity contribution < 1.29 is 9.84 Å². The quantitative estimate of drug-likeness (QED) is 0.785. The molecule has 0 aliphatic carbocycles. The van der Waals surface area contributed by atoms with Crippen molar-refractivity contribution in [2.45, 2.75) is 6.61 Å². The van der Waals surface area contributed by atoms with E-state index in [1.807, 2.05) is 0 Å². The third-order valence-electron chi connectivity index (χ3n) is 1.77. The summed E-state index contributed by atoms with van der Waals surface area (Å²) < 4.78 is 5.05. The standard InChI is InChI=1S/C9H12ClNO2/c1-11-7-3-6(5-12)4-8(13-2)9(7)10/h3-4,11-12H,5H2,1-2H3. The predicted octanol–water partition coefficient (Wildman–Crippen LogP) is 1.88. The summed E-state index contributed by atoms with van der Waals surface area (Å²) in [7, 11) is 3.31. The molecule has 1 aromatic carbocycles. The van der Waals surface area contributed by atoms with Crippen molar-refractivity contribution in [2.75, 3.05) is 19.5 Å². The van der Waals surface area contributed by atoms with E-state index in [4.69, 9.17) is 21.4 Å². The van der Waals surface area contributed by atoms with Crippen LogP contribution < -0.4 is 10.1 Å². The minimum atomic E-state index is -0.0256. The van der Waals surface area contributed by atoms with Gasteiger partial charge in [0.05, 0.1) is 19.4 Å². The summed E-state index contributed by atoms with van der Waals surface area (Å²) in [6.45, 7) is -0.0256. The number of aliphatic hydroxyl groups is 1. The lowest BCUT2D eigenvalue weighted by molar-refractivity contribution is 0.281. The zero-order chi connectivity index (χ0) is 9.84. The smallest absolute Gasteiger partial charge is 0.139 e. The molecule has 13 heavy (non-hydrogen) atoms. The monoisotopic (exact) mass is 201 g/mol. The van der Waals surface area contributed by atoms with Crippen molar-refractivity contribution in [3.05, 3.63) is 22.7 Å². The van der Waals surface area contributed by atoms with Crippen LogP contribution in [0.4, 0.5) is 5.69 Å². The van der Waals surface area contributed by atoms with Crippen molar-refractivity contribution in [3.63, 3.8) is 0 Å². The number of halogens is 1. The zero-order valence-corrected chi connectivity index (χ0v) is 8.35. The first-order chi connectivity index (χ1) is 6.22. The van der Waals surface area contributed by atoms with Gasteiger partial charge in [-0.3, -0.25) is 0 Å².